The van der Waals surface area contributed by atoms with E-state index in [0.717, 1.165) is 0 Å². The molecule has 0 unspecified atom stereocenters. The minimum Gasteiger partial charge on any atom is -0.491 e. The van der Waals surface area contributed by atoms with E-state index in [2.05, 4.69) is 31.9 Å². The normalized spacial score (nSPS) is 26.6. The Labute approximate surface area is 514 Å². The predicted molar refractivity (Wildman–Crippen MR) is 312 cm³/mol. The number of nitrogens with one attached hydrogen (secondary N) is 6. The Balaban J connectivity index is 0.861. The van der Waals surface area contributed by atoms with Gasteiger partial charge in [-0.2, -0.15) is 0 Å². The second-order valence-corrected chi connectivity index (χ2v) is 20.2. The largest absolute Gasteiger partial charge is 0.491 e. The molecule has 33 heteroatoms. The first-order valence-electron chi connectivity index (χ1n) is 28.5. The molecule has 498 valence electrons. The average molecular weight is 1280 g/mol. The quantitative estimate of drug-likeness (QED) is 0.0235. The van der Waals surface area contributed by atoms with Gasteiger partial charge in [-0.25, -0.2) is 14.4 Å². The van der Waals surface area contributed by atoms with Gasteiger partial charge in [-0.1, -0.05) is 0 Å². The van der Waals surface area contributed by atoms with Crippen molar-refractivity contribution in [3.8, 4) is 17.2 Å². The zero-order valence-corrected chi connectivity index (χ0v) is 48.4. The molecule has 15 atom stereocenters. The van der Waals surface area contributed by atoms with Crippen LogP contribution in [0.5, 0.6) is 17.2 Å². The lowest BCUT2D eigenvalue weighted by atomic mass is 9.99. The summed E-state index contributed by atoms with van der Waals surface area (Å²) in [5.41, 5.74) is 1.57. The van der Waals surface area contributed by atoms with E-state index < -0.39 is 130 Å². The summed E-state index contributed by atoms with van der Waals surface area (Å²) in [5.74, 6) is 1.35. The maximum absolute atomic E-state index is 13.4. The third kappa shape index (κ3) is 21.7. The van der Waals surface area contributed by atoms with E-state index in [9.17, 15) is 75.7 Å². The van der Waals surface area contributed by atoms with Crippen LogP contribution in [0.2, 0.25) is 0 Å². The summed E-state index contributed by atoms with van der Waals surface area (Å²) in [4.78, 5) is 40.1. The van der Waals surface area contributed by atoms with Crippen LogP contribution in [0.15, 0.2) is 91.0 Å². The summed E-state index contributed by atoms with van der Waals surface area (Å²) in [5, 5.41) is 134. The van der Waals surface area contributed by atoms with Crippen molar-refractivity contribution in [2.75, 3.05) is 131 Å². The first-order valence-corrected chi connectivity index (χ1v) is 28.5. The topological polar surface area (TPSA) is 477 Å². The Morgan fingerprint density at radius 2 is 0.544 bits per heavy atom. The van der Waals surface area contributed by atoms with Crippen molar-refractivity contribution >= 4 is 52.2 Å². The molecule has 0 spiro atoms. The standard InChI is InChI=1S/C57H78N6O27/c64-28-40-43(67)46(70)49(73)52(88-40)85-22-16-79-13-19-82-37-7-1-31(2-8-37)58-55(76)61-34-25-35(62-56(77)59-32-3-9-38(10-4-32)83-20-14-80-17-23-86-53-50(74)47(71)44(68)41(29-65)89-53)27-36(26-34)63-57(78)60-33-5-11-39(12-6-33)84-21-15-81-18-24-87-54-51(75)48(72)45(69)42(30-66)90-54/h1-12,25-27,40-54,64-75H,13-24,28-30H2,(H2,58,61,76)(H2,59,62,77)(H2,60,63,78)/t40-,41-,42-,43-,44-,45-,46+,47+,48+,49-,50-,51-,52-,53-,54-/m1/s1. The van der Waals surface area contributed by atoms with Crippen molar-refractivity contribution in [1.82, 2.24) is 0 Å². The van der Waals surface area contributed by atoms with Crippen molar-refractivity contribution in [1.29, 1.82) is 0 Å². The lowest BCUT2D eigenvalue weighted by Gasteiger charge is -2.39. The molecule has 0 radical (unpaired) electrons. The van der Waals surface area contributed by atoms with E-state index in [0.29, 0.717) is 34.3 Å². The molecule has 3 aliphatic rings. The third-order valence-electron chi connectivity index (χ3n) is 13.6. The molecule has 4 aromatic carbocycles. The van der Waals surface area contributed by atoms with Crippen LogP contribution < -0.4 is 46.1 Å². The van der Waals surface area contributed by atoms with Crippen molar-refractivity contribution < 1.29 is 133 Å². The maximum Gasteiger partial charge on any atom is 0.323 e. The first kappa shape index (κ1) is 70.7. The molecule has 33 nitrogen and oxygen atoms in total. The second-order valence-electron chi connectivity index (χ2n) is 20.2. The van der Waals surface area contributed by atoms with Gasteiger partial charge in [0.1, 0.15) is 110 Å². The van der Waals surface area contributed by atoms with E-state index >= 15 is 0 Å². The molecule has 0 aliphatic carbocycles. The smallest absolute Gasteiger partial charge is 0.323 e. The Hall–Kier alpha value is -6.75. The van der Waals surface area contributed by atoms with E-state index in [4.69, 9.17) is 56.8 Å². The number of carbonyl (C=O) groups is 3. The first-order chi connectivity index (χ1) is 43.4. The monoisotopic (exact) mass is 1280 g/mol. The predicted octanol–water partition coefficient (Wildman–Crippen LogP) is -1.75. The average Bonchev–Trinajstić information content (AvgIpc) is 1.45. The molecule has 3 aliphatic heterocycles. The summed E-state index contributed by atoms with van der Waals surface area (Å²) >= 11 is 0. The number of benzene rings is 4. The summed E-state index contributed by atoms with van der Waals surface area (Å²) in [6.45, 7) is -0.852. The van der Waals surface area contributed by atoms with Crippen LogP contribution >= 0.6 is 0 Å². The summed E-state index contributed by atoms with van der Waals surface area (Å²) in [6, 6.07) is 21.4. The molecular weight excluding hydrogens is 1200 g/mol. The van der Waals surface area contributed by atoms with Crippen LogP contribution in [0.1, 0.15) is 0 Å². The molecular formula is C57H78N6O27. The van der Waals surface area contributed by atoms with Crippen LogP contribution in [0.4, 0.5) is 48.5 Å². The van der Waals surface area contributed by atoms with Gasteiger partial charge in [0.25, 0.3) is 0 Å². The van der Waals surface area contributed by atoms with Gasteiger partial charge in [0.15, 0.2) is 18.9 Å². The van der Waals surface area contributed by atoms with E-state index in [1.807, 2.05) is 0 Å². The number of ether oxygens (including phenoxy) is 12. The fourth-order valence-corrected chi connectivity index (χ4v) is 8.87. The van der Waals surface area contributed by atoms with Gasteiger partial charge in [-0.3, -0.25) is 0 Å². The highest BCUT2D eigenvalue weighted by atomic mass is 16.7. The number of hydrogen-bond donors (Lipinski definition) is 18. The van der Waals surface area contributed by atoms with Gasteiger partial charge in [-0.15, -0.1) is 0 Å². The number of aliphatic hydroxyl groups excluding tert-OH is 12. The fraction of sp³-hybridized carbons (Fsp3) is 0.526. The highest BCUT2D eigenvalue weighted by molar-refractivity contribution is 6.05. The van der Waals surface area contributed by atoms with Gasteiger partial charge < -0.3 is 150 Å². The fourth-order valence-electron chi connectivity index (χ4n) is 8.87. The van der Waals surface area contributed by atoms with E-state index in [1.165, 1.54) is 18.2 Å². The molecule has 3 fully saturated rings. The molecule has 6 amide bonds. The maximum atomic E-state index is 13.4. The van der Waals surface area contributed by atoms with Crippen molar-refractivity contribution in [3.05, 3.63) is 91.0 Å². The molecule has 3 saturated heterocycles. The van der Waals surface area contributed by atoms with Crippen LogP contribution in [-0.4, -0.2) is 271 Å². The van der Waals surface area contributed by atoms with Gasteiger partial charge in [0.05, 0.1) is 79.3 Å². The summed E-state index contributed by atoms with van der Waals surface area (Å²) in [7, 11) is 0. The lowest BCUT2D eigenvalue weighted by molar-refractivity contribution is -0.302. The number of carbonyl (C=O) groups excluding carboxylic acids is 3. The molecule has 3 heterocycles. The molecule has 0 aromatic heterocycles. The van der Waals surface area contributed by atoms with Crippen LogP contribution in [0.3, 0.4) is 0 Å². The minimum atomic E-state index is -1.57. The number of amides is 6. The van der Waals surface area contributed by atoms with Crippen LogP contribution in [-0.2, 0) is 42.6 Å². The number of urea groups is 3. The molecule has 7 rings (SSSR count). The van der Waals surface area contributed by atoms with Crippen molar-refractivity contribution in [3.63, 3.8) is 0 Å². The van der Waals surface area contributed by atoms with Gasteiger partial charge in [0.2, 0.25) is 0 Å². The molecule has 90 heavy (non-hydrogen) atoms. The van der Waals surface area contributed by atoms with Crippen LogP contribution in [0, 0.1) is 0 Å². The van der Waals surface area contributed by atoms with Gasteiger partial charge in [-0.05, 0) is 91.0 Å². The third-order valence-corrected chi connectivity index (χ3v) is 13.6. The molecule has 18 N–H and O–H groups in total. The second kappa shape index (κ2) is 36.3. The van der Waals surface area contributed by atoms with E-state index in [-0.39, 0.29) is 96.3 Å². The van der Waals surface area contributed by atoms with Gasteiger partial charge >= 0.3 is 18.1 Å². The Morgan fingerprint density at radius 3 is 0.789 bits per heavy atom. The minimum absolute atomic E-state index is 0.0378. The Bertz CT molecular complexity index is 2470. The SMILES string of the molecule is O=C(Nc1ccc(OCCOCCO[C@@H]2O[C@H](CO)[C@@H](O)[C@H](O)[C@H]2O)cc1)Nc1cc(NC(=O)Nc2ccc(OCCOCCO[C@@H]3O[C@H](CO)[C@@H](O)[C@H](O)[C@H]3O)cc2)cc(NC(=O)Nc2ccc(OCCOCCO[C@@H]3O[C@H](CO)[C@@H](O)[C@H](O)[C@H]3O)cc2)c1. The number of rotatable bonds is 33. The highest BCUT2D eigenvalue weighted by Gasteiger charge is 2.46. The summed E-state index contributed by atoms with van der Waals surface area (Å²) < 4.78 is 65.7. The molecule has 0 bridgehead atoms. The molecule has 4 aromatic rings. The lowest BCUT2D eigenvalue weighted by Crippen LogP contribution is -2.59. The Kier molecular flexibility index (Phi) is 28.5. The summed E-state index contributed by atoms with van der Waals surface area (Å²) in [6.07, 6.45) is -21.0. The van der Waals surface area contributed by atoms with Crippen molar-refractivity contribution in [2.45, 2.75) is 92.1 Å². The zero-order valence-electron chi connectivity index (χ0n) is 48.4. The number of aliphatic hydroxyl groups is 12. The number of anilines is 6. The molecule has 0 saturated carbocycles. The highest BCUT2D eigenvalue weighted by Crippen LogP contribution is 2.28. The number of hydrogen-bond acceptors (Lipinski definition) is 27. The van der Waals surface area contributed by atoms with Crippen LogP contribution in [0.25, 0.3) is 0 Å². The van der Waals surface area contributed by atoms with Gasteiger partial charge in [0, 0.05) is 34.1 Å². The van der Waals surface area contributed by atoms with E-state index in [1.54, 1.807) is 72.8 Å². The van der Waals surface area contributed by atoms with Crippen molar-refractivity contribution in [2.24, 2.45) is 0 Å². The zero-order chi connectivity index (χ0) is 64.5. The Morgan fingerprint density at radius 1 is 0.311 bits per heavy atom.